The number of hydrogen-bond donors (Lipinski definition) is 2. The molecule has 0 aliphatic rings. The highest BCUT2D eigenvalue weighted by Crippen LogP contribution is 2.09. The Balaban J connectivity index is 2.54. The molecule has 0 saturated heterocycles. The van der Waals surface area contributed by atoms with E-state index in [0.29, 0.717) is 12.8 Å². The number of ether oxygens (including phenoxy) is 1. The first-order chi connectivity index (χ1) is 14.5. The number of Topliss-reactive ketones (excluding diaryl/α,β-unsaturated/α-hetero) is 1. The van der Waals surface area contributed by atoms with Crippen LogP contribution in [0.25, 0.3) is 0 Å². The number of carbonyl (C=O) groups is 4. The van der Waals surface area contributed by atoms with Gasteiger partial charge in [0.1, 0.15) is 5.60 Å². The van der Waals surface area contributed by atoms with Crippen LogP contribution in [0.3, 0.4) is 0 Å². The first-order valence-corrected chi connectivity index (χ1v) is 10.5. The van der Waals surface area contributed by atoms with Gasteiger partial charge in [-0.25, -0.2) is 4.79 Å². The van der Waals surface area contributed by atoms with Crippen molar-refractivity contribution in [2.24, 2.45) is 0 Å². The van der Waals surface area contributed by atoms with Gasteiger partial charge in [0.25, 0.3) is 0 Å². The maximum Gasteiger partial charge on any atom is 0.408 e. The molecule has 0 radical (unpaired) electrons. The summed E-state index contributed by atoms with van der Waals surface area (Å²) in [5.41, 5.74) is 0.433. The standard InChI is InChI=1S/C23H35N3O5/c1-23(2,3)31-22(30)25-18(14-15-21(29)26(4)5)19(27)16-24-20(28)13-9-12-17-10-7-6-8-11-17/h6-8,10-11,18H,9,12-16H2,1-5H3,(H,24,28)(H,25,30)/t18-/m0/s1. The van der Waals surface area contributed by atoms with Gasteiger partial charge in [-0.15, -0.1) is 0 Å². The van der Waals surface area contributed by atoms with E-state index in [1.54, 1.807) is 34.9 Å². The fraction of sp³-hybridized carbons (Fsp3) is 0.565. The van der Waals surface area contributed by atoms with Gasteiger partial charge in [-0.2, -0.15) is 0 Å². The van der Waals surface area contributed by atoms with E-state index in [9.17, 15) is 19.2 Å². The normalized spacial score (nSPS) is 11.9. The number of aryl methyl sites for hydroxylation is 1. The number of amides is 3. The van der Waals surface area contributed by atoms with Crippen LogP contribution >= 0.6 is 0 Å². The molecule has 0 fully saturated rings. The van der Waals surface area contributed by atoms with Crippen molar-refractivity contribution in [1.82, 2.24) is 15.5 Å². The summed E-state index contributed by atoms with van der Waals surface area (Å²) in [6.45, 7) is 4.93. The number of ketones is 1. The second-order valence-corrected chi connectivity index (χ2v) is 8.61. The number of alkyl carbamates (subject to hydrolysis) is 1. The van der Waals surface area contributed by atoms with Crippen molar-refractivity contribution in [1.29, 1.82) is 0 Å². The molecule has 1 atom stereocenters. The van der Waals surface area contributed by atoms with Crippen LogP contribution in [0.4, 0.5) is 4.79 Å². The number of nitrogens with zero attached hydrogens (tertiary/aromatic N) is 1. The maximum absolute atomic E-state index is 12.6. The average molecular weight is 434 g/mol. The summed E-state index contributed by atoms with van der Waals surface area (Å²) in [6.07, 6.45) is 1.21. The molecule has 0 saturated carbocycles. The molecular weight excluding hydrogens is 398 g/mol. The van der Waals surface area contributed by atoms with Gasteiger partial charge in [-0.05, 0) is 45.6 Å². The van der Waals surface area contributed by atoms with Crippen molar-refractivity contribution in [2.45, 2.75) is 64.5 Å². The van der Waals surface area contributed by atoms with E-state index in [-0.39, 0.29) is 37.0 Å². The van der Waals surface area contributed by atoms with E-state index in [1.807, 2.05) is 30.3 Å². The molecule has 0 bridgehead atoms. The Bertz CT molecular complexity index is 741. The van der Waals surface area contributed by atoms with E-state index < -0.39 is 17.7 Å². The summed E-state index contributed by atoms with van der Waals surface area (Å²) in [5, 5.41) is 5.13. The third-order valence-corrected chi connectivity index (χ3v) is 4.40. The summed E-state index contributed by atoms with van der Waals surface area (Å²) < 4.78 is 5.21. The summed E-state index contributed by atoms with van der Waals surface area (Å²) in [7, 11) is 3.24. The number of hydrogen-bond acceptors (Lipinski definition) is 5. The van der Waals surface area contributed by atoms with E-state index >= 15 is 0 Å². The molecular formula is C23H35N3O5. The first kappa shape index (κ1) is 26.1. The molecule has 0 aliphatic heterocycles. The molecule has 31 heavy (non-hydrogen) atoms. The zero-order valence-electron chi connectivity index (χ0n) is 19.2. The van der Waals surface area contributed by atoms with Gasteiger partial charge in [-0.3, -0.25) is 14.4 Å². The fourth-order valence-electron chi connectivity index (χ4n) is 2.75. The molecule has 1 aromatic carbocycles. The second-order valence-electron chi connectivity index (χ2n) is 8.61. The van der Waals surface area contributed by atoms with Crippen molar-refractivity contribution >= 4 is 23.7 Å². The van der Waals surface area contributed by atoms with Crippen LogP contribution in [0, 0.1) is 0 Å². The van der Waals surface area contributed by atoms with Crippen LogP contribution in [0.1, 0.15) is 52.0 Å². The summed E-state index contributed by atoms with van der Waals surface area (Å²) >= 11 is 0. The van der Waals surface area contributed by atoms with Gasteiger partial charge in [0.2, 0.25) is 11.8 Å². The van der Waals surface area contributed by atoms with Gasteiger partial charge in [-0.1, -0.05) is 30.3 Å². The molecule has 8 nitrogen and oxygen atoms in total. The van der Waals surface area contributed by atoms with Crippen molar-refractivity contribution in [2.75, 3.05) is 20.6 Å². The lowest BCUT2D eigenvalue weighted by molar-refractivity contribution is -0.129. The van der Waals surface area contributed by atoms with Gasteiger partial charge in [0.05, 0.1) is 12.6 Å². The Morgan fingerprint density at radius 2 is 1.68 bits per heavy atom. The minimum atomic E-state index is -0.927. The molecule has 0 spiro atoms. The highest BCUT2D eigenvalue weighted by atomic mass is 16.6. The molecule has 0 aromatic heterocycles. The smallest absolute Gasteiger partial charge is 0.408 e. The Hall–Kier alpha value is -2.90. The monoisotopic (exact) mass is 433 g/mol. The zero-order chi connectivity index (χ0) is 23.4. The average Bonchev–Trinajstić information content (AvgIpc) is 2.68. The van der Waals surface area contributed by atoms with Crippen LogP contribution in [0.5, 0.6) is 0 Å². The number of carbonyl (C=O) groups excluding carboxylic acids is 4. The predicted octanol–water partition coefficient (Wildman–Crippen LogP) is 2.46. The molecule has 0 heterocycles. The topological polar surface area (TPSA) is 105 Å². The molecule has 8 heteroatoms. The molecule has 0 aliphatic carbocycles. The molecule has 1 aromatic rings. The Kier molecular flexibility index (Phi) is 10.7. The summed E-state index contributed by atoms with van der Waals surface area (Å²) in [4.78, 5) is 50.1. The minimum absolute atomic E-state index is 0.0875. The van der Waals surface area contributed by atoms with Crippen molar-refractivity contribution in [3.8, 4) is 0 Å². The van der Waals surface area contributed by atoms with Gasteiger partial charge >= 0.3 is 6.09 Å². The SMILES string of the molecule is CN(C)C(=O)CC[C@H](NC(=O)OC(C)(C)C)C(=O)CNC(=O)CCCc1ccccc1. The lowest BCUT2D eigenvalue weighted by Gasteiger charge is -2.23. The molecule has 3 amide bonds. The maximum atomic E-state index is 12.6. The Labute approximate surface area is 184 Å². The number of rotatable bonds is 11. The summed E-state index contributed by atoms with van der Waals surface area (Å²) in [5.74, 6) is -0.771. The van der Waals surface area contributed by atoms with Crippen LogP contribution in [-0.2, 0) is 25.5 Å². The molecule has 0 unspecified atom stereocenters. The van der Waals surface area contributed by atoms with Crippen LogP contribution in [-0.4, -0.2) is 60.9 Å². The third-order valence-electron chi connectivity index (χ3n) is 4.40. The van der Waals surface area contributed by atoms with Crippen molar-refractivity contribution in [3.05, 3.63) is 35.9 Å². The van der Waals surface area contributed by atoms with Gasteiger partial charge in [0, 0.05) is 26.9 Å². The predicted molar refractivity (Wildman–Crippen MR) is 118 cm³/mol. The van der Waals surface area contributed by atoms with Crippen LogP contribution < -0.4 is 10.6 Å². The summed E-state index contributed by atoms with van der Waals surface area (Å²) in [6, 6.07) is 8.92. The van der Waals surface area contributed by atoms with E-state index in [1.165, 1.54) is 4.90 Å². The Morgan fingerprint density at radius 1 is 1.03 bits per heavy atom. The Morgan fingerprint density at radius 3 is 2.26 bits per heavy atom. The molecule has 1 rings (SSSR count). The number of benzene rings is 1. The fourth-order valence-corrected chi connectivity index (χ4v) is 2.75. The molecule has 172 valence electrons. The second kappa shape index (κ2) is 12.7. The number of nitrogens with one attached hydrogen (secondary N) is 2. The lowest BCUT2D eigenvalue weighted by atomic mass is 10.1. The zero-order valence-corrected chi connectivity index (χ0v) is 19.2. The van der Waals surface area contributed by atoms with Crippen molar-refractivity contribution in [3.63, 3.8) is 0 Å². The minimum Gasteiger partial charge on any atom is -0.444 e. The van der Waals surface area contributed by atoms with Gasteiger partial charge in [0.15, 0.2) is 5.78 Å². The first-order valence-electron chi connectivity index (χ1n) is 10.5. The highest BCUT2D eigenvalue weighted by molar-refractivity contribution is 5.92. The van der Waals surface area contributed by atoms with Gasteiger partial charge < -0.3 is 20.3 Å². The van der Waals surface area contributed by atoms with E-state index in [4.69, 9.17) is 4.74 Å². The van der Waals surface area contributed by atoms with Crippen LogP contribution in [0.15, 0.2) is 30.3 Å². The molecule has 2 N–H and O–H groups in total. The quantitative estimate of drug-likeness (QED) is 0.558. The largest absolute Gasteiger partial charge is 0.444 e. The van der Waals surface area contributed by atoms with Crippen LogP contribution in [0.2, 0.25) is 0 Å². The lowest BCUT2D eigenvalue weighted by Crippen LogP contribution is -2.47. The third kappa shape index (κ3) is 11.8. The highest BCUT2D eigenvalue weighted by Gasteiger charge is 2.25. The van der Waals surface area contributed by atoms with Crippen molar-refractivity contribution < 1.29 is 23.9 Å². The van der Waals surface area contributed by atoms with E-state index in [2.05, 4.69) is 10.6 Å². The van der Waals surface area contributed by atoms with E-state index in [0.717, 1.165) is 12.0 Å².